The molecule has 0 aliphatic heterocycles. The normalized spacial score (nSPS) is 15.3. The summed E-state index contributed by atoms with van der Waals surface area (Å²) in [5, 5.41) is 15.1. The van der Waals surface area contributed by atoms with Crippen molar-refractivity contribution in [2.24, 2.45) is 12.0 Å². The molecule has 0 radical (unpaired) electrons. The first-order valence-corrected chi connectivity index (χ1v) is 8.14. The van der Waals surface area contributed by atoms with Gasteiger partial charge in [-0.25, -0.2) is 4.99 Å². The van der Waals surface area contributed by atoms with Gasteiger partial charge in [0.2, 0.25) is 0 Å². The number of aryl methyl sites for hydroxylation is 1. The maximum atomic E-state index is 5.37. The third kappa shape index (κ3) is 4.96. The maximum absolute atomic E-state index is 5.37. The molecular weight excluding hydrogens is 419 g/mol. The van der Waals surface area contributed by atoms with Crippen molar-refractivity contribution in [3.63, 3.8) is 0 Å². The van der Waals surface area contributed by atoms with Gasteiger partial charge in [-0.2, -0.15) is 0 Å². The quantitative estimate of drug-likeness (QED) is 0.421. The second kappa shape index (κ2) is 9.05. The Morgan fingerprint density at radius 3 is 2.79 bits per heavy atom. The Labute approximate surface area is 159 Å². The molecule has 1 saturated carbocycles. The Hall–Kier alpha value is -1.58. The van der Waals surface area contributed by atoms with E-state index in [0.29, 0.717) is 19.1 Å². The highest BCUT2D eigenvalue weighted by molar-refractivity contribution is 14.0. The third-order valence-corrected chi connectivity index (χ3v) is 4.27. The van der Waals surface area contributed by atoms with Gasteiger partial charge in [0, 0.05) is 13.1 Å². The van der Waals surface area contributed by atoms with Crippen LogP contribution in [0.3, 0.4) is 0 Å². The lowest BCUT2D eigenvalue weighted by Gasteiger charge is -2.16. The number of aliphatic imine (C=N–C) groups is 1. The van der Waals surface area contributed by atoms with Crippen LogP contribution in [0.25, 0.3) is 0 Å². The molecule has 0 atom stereocenters. The standard InChI is InChI=1S/C16H24N6O.HI/c1-12-20-21-15(22(12)2)11-18-16(19-13-6-3-4-7-13)17-10-14-8-5-9-23-14;/h5,8-9,13H,3-4,6-7,10-11H2,1-2H3,(H2,17,18,19);1H. The van der Waals surface area contributed by atoms with Crippen LogP contribution in [-0.2, 0) is 20.1 Å². The first-order chi connectivity index (χ1) is 11.2. The van der Waals surface area contributed by atoms with Crippen LogP contribution in [0.4, 0.5) is 0 Å². The van der Waals surface area contributed by atoms with Gasteiger partial charge in [0.15, 0.2) is 11.8 Å². The fourth-order valence-electron chi connectivity index (χ4n) is 2.74. The van der Waals surface area contributed by atoms with Gasteiger partial charge < -0.3 is 19.6 Å². The van der Waals surface area contributed by atoms with Gasteiger partial charge in [-0.3, -0.25) is 0 Å². The van der Waals surface area contributed by atoms with E-state index in [9.17, 15) is 0 Å². The molecule has 2 aromatic heterocycles. The molecule has 0 aromatic carbocycles. The number of guanidine groups is 1. The minimum atomic E-state index is 0. The minimum absolute atomic E-state index is 0. The zero-order valence-electron chi connectivity index (χ0n) is 14.2. The molecule has 24 heavy (non-hydrogen) atoms. The van der Waals surface area contributed by atoms with Crippen LogP contribution in [0.15, 0.2) is 27.8 Å². The number of hydrogen-bond acceptors (Lipinski definition) is 4. The summed E-state index contributed by atoms with van der Waals surface area (Å²) in [5.41, 5.74) is 0. The van der Waals surface area contributed by atoms with Crippen molar-refractivity contribution in [1.82, 2.24) is 25.4 Å². The Morgan fingerprint density at radius 2 is 2.17 bits per heavy atom. The SMILES string of the molecule is Cc1nnc(CN=C(NCc2ccco2)NC2CCCC2)n1C.I. The number of hydrogen-bond donors (Lipinski definition) is 2. The molecule has 132 valence electrons. The first kappa shape index (κ1) is 18.8. The average Bonchev–Trinajstić information content (AvgIpc) is 3.28. The molecule has 0 amide bonds. The second-order valence-electron chi connectivity index (χ2n) is 5.95. The van der Waals surface area contributed by atoms with Crippen LogP contribution in [0.1, 0.15) is 43.1 Å². The van der Waals surface area contributed by atoms with E-state index in [4.69, 9.17) is 4.42 Å². The predicted octanol–water partition coefficient (Wildman–Crippen LogP) is 2.51. The van der Waals surface area contributed by atoms with Gasteiger partial charge in [0.1, 0.15) is 18.1 Å². The van der Waals surface area contributed by atoms with Gasteiger partial charge in [-0.1, -0.05) is 12.8 Å². The van der Waals surface area contributed by atoms with Gasteiger partial charge in [-0.05, 0) is 31.9 Å². The number of halogens is 1. The molecule has 1 fully saturated rings. The summed E-state index contributed by atoms with van der Waals surface area (Å²) in [4.78, 5) is 4.66. The molecule has 0 saturated heterocycles. The topological polar surface area (TPSA) is 80.3 Å². The van der Waals surface area contributed by atoms with E-state index in [1.807, 2.05) is 30.7 Å². The Bertz CT molecular complexity index is 646. The number of nitrogens with zero attached hydrogens (tertiary/aromatic N) is 4. The lowest BCUT2D eigenvalue weighted by atomic mass is 10.2. The highest BCUT2D eigenvalue weighted by atomic mass is 127. The third-order valence-electron chi connectivity index (χ3n) is 4.27. The fourth-order valence-corrected chi connectivity index (χ4v) is 2.74. The van der Waals surface area contributed by atoms with E-state index in [1.54, 1.807) is 6.26 Å². The van der Waals surface area contributed by atoms with Crippen molar-refractivity contribution < 1.29 is 4.42 Å². The summed E-state index contributed by atoms with van der Waals surface area (Å²) in [6, 6.07) is 4.34. The van der Waals surface area contributed by atoms with E-state index in [2.05, 4.69) is 25.8 Å². The van der Waals surface area contributed by atoms with E-state index >= 15 is 0 Å². The molecular formula is C16H25IN6O. The number of rotatable bonds is 5. The van der Waals surface area contributed by atoms with Crippen LogP contribution < -0.4 is 10.6 Å². The lowest BCUT2D eigenvalue weighted by molar-refractivity contribution is 0.499. The average molecular weight is 444 g/mol. The van der Waals surface area contributed by atoms with Crippen LogP contribution in [0.2, 0.25) is 0 Å². The number of furan rings is 1. The van der Waals surface area contributed by atoms with Crippen molar-refractivity contribution in [2.75, 3.05) is 0 Å². The van der Waals surface area contributed by atoms with Crippen molar-refractivity contribution in [3.8, 4) is 0 Å². The highest BCUT2D eigenvalue weighted by Gasteiger charge is 2.16. The monoisotopic (exact) mass is 444 g/mol. The van der Waals surface area contributed by atoms with E-state index in [0.717, 1.165) is 23.4 Å². The molecule has 1 aliphatic carbocycles. The van der Waals surface area contributed by atoms with E-state index in [1.165, 1.54) is 25.7 Å². The molecule has 8 heteroatoms. The fraction of sp³-hybridized carbons (Fsp3) is 0.562. The Kier molecular flexibility index (Phi) is 7.07. The molecule has 7 nitrogen and oxygen atoms in total. The summed E-state index contributed by atoms with van der Waals surface area (Å²) in [5.74, 6) is 3.44. The maximum Gasteiger partial charge on any atom is 0.192 e. The van der Waals surface area contributed by atoms with Crippen LogP contribution >= 0.6 is 24.0 Å². The summed E-state index contributed by atoms with van der Waals surface area (Å²) in [6.07, 6.45) is 6.65. The van der Waals surface area contributed by atoms with Gasteiger partial charge in [-0.15, -0.1) is 34.2 Å². The summed E-state index contributed by atoms with van der Waals surface area (Å²) in [7, 11) is 1.96. The summed E-state index contributed by atoms with van der Waals surface area (Å²) < 4.78 is 7.33. The van der Waals surface area contributed by atoms with Crippen molar-refractivity contribution in [2.45, 2.75) is 51.7 Å². The Balaban J connectivity index is 0.00000208. The van der Waals surface area contributed by atoms with Gasteiger partial charge >= 0.3 is 0 Å². The molecule has 2 aromatic rings. The summed E-state index contributed by atoms with van der Waals surface area (Å²) in [6.45, 7) is 3.05. The van der Waals surface area contributed by atoms with E-state index in [-0.39, 0.29) is 24.0 Å². The van der Waals surface area contributed by atoms with Crippen molar-refractivity contribution >= 4 is 29.9 Å². The molecule has 0 bridgehead atoms. The van der Waals surface area contributed by atoms with Crippen LogP contribution in [0, 0.1) is 6.92 Å². The minimum Gasteiger partial charge on any atom is -0.467 e. The van der Waals surface area contributed by atoms with Crippen LogP contribution in [0.5, 0.6) is 0 Å². The van der Waals surface area contributed by atoms with Gasteiger partial charge in [0.25, 0.3) is 0 Å². The first-order valence-electron chi connectivity index (χ1n) is 8.14. The predicted molar refractivity (Wildman–Crippen MR) is 103 cm³/mol. The molecule has 1 aliphatic rings. The number of nitrogens with one attached hydrogen (secondary N) is 2. The zero-order valence-corrected chi connectivity index (χ0v) is 16.5. The Morgan fingerprint density at radius 1 is 1.38 bits per heavy atom. The second-order valence-corrected chi connectivity index (χ2v) is 5.95. The smallest absolute Gasteiger partial charge is 0.192 e. The highest BCUT2D eigenvalue weighted by Crippen LogP contribution is 2.17. The lowest BCUT2D eigenvalue weighted by Crippen LogP contribution is -2.42. The van der Waals surface area contributed by atoms with Crippen molar-refractivity contribution in [1.29, 1.82) is 0 Å². The molecule has 2 N–H and O–H groups in total. The number of aromatic nitrogens is 3. The van der Waals surface area contributed by atoms with Crippen molar-refractivity contribution in [3.05, 3.63) is 35.8 Å². The zero-order chi connectivity index (χ0) is 16.1. The largest absolute Gasteiger partial charge is 0.467 e. The molecule has 2 heterocycles. The molecule has 0 spiro atoms. The molecule has 3 rings (SSSR count). The van der Waals surface area contributed by atoms with Gasteiger partial charge in [0.05, 0.1) is 12.8 Å². The van der Waals surface area contributed by atoms with E-state index < -0.39 is 0 Å². The van der Waals surface area contributed by atoms with Crippen LogP contribution in [-0.4, -0.2) is 26.8 Å². The summed E-state index contributed by atoms with van der Waals surface area (Å²) >= 11 is 0. The molecule has 0 unspecified atom stereocenters.